The van der Waals surface area contributed by atoms with Crippen LogP contribution in [0.4, 0.5) is 10.2 Å². The van der Waals surface area contributed by atoms with Crippen molar-refractivity contribution in [3.8, 4) is 0 Å². The molecule has 1 aromatic carbocycles. The molecule has 6 nitrogen and oxygen atoms in total. The van der Waals surface area contributed by atoms with Gasteiger partial charge in [0.15, 0.2) is 5.76 Å². The lowest BCUT2D eigenvalue weighted by molar-refractivity contribution is 0.0714. The summed E-state index contributed by atoms with van der Waals surface area (Å²) in [5.41, 5.74) is 2.44. The molecule has 1 fully saturated rings. The lowest BCUT2D eigenvalue weighted by Gasteiger charge is -2.36. The summed E-state index contributed by atoms with van der Waals surface area (Å²) in [6.45, 7) is 8.70. The van der Waals surface area contributed by atoms with E-state index in [2.05, 4.69) is 18.7 Å². The molecule has 0 bridgehead atoms. The van der Waals surface area contributed by atoms with Gasteiger partial charge in [0, 0.05) is 50.3 Å². The van der Waals surface area contributed by atoms with E-state index in [1.165, 1.54) is 12.3 Å². The van der Waals surface area contributed by atoms with Gasteiger partial charge in [-0.2, -0.15) is 0 Å². The summed E-state index contributed by atoms with van der Waals surface area (Å²) >= 11 is 0. The zero-order chi connectivity index (χ0) is 22.7. The van der Waals surface area contributed by atoms with Crippen molar-refractivity contribution in [3.63, 3.8) is 0 Å². The Balaban J connectivity index is 1.60. The molecule has 1 aliphatic heterocycles. The van der Waals surface area contributed by atoms with Gasteiger partial charge in [-0.1, -0.05) is 32.0 Å². The van der Waals surface area contributed by atoms with E-state index in [1.807, 2.05) is 13.0 Å². The number of furan rings is 1. The predicted molar refractivity (Wildman–Crippen MR) is 121 cm³/mol. The number of amides is 1. The van der Waals surface area contributed by atoms with Crippen molar-refractivity contribution in [1.82, 2.24) is 14.9 Å². The first kappa shape index (κ1) is 22.0. The van der Waals surface area contributed by atoms with Crippen LogP contribution in [0.1, 0.15) is 47.0 Å². The molecule has 7 heteroatoms. The van der Waals surface area contributed by atoms with Crippen LogP contribution in [0.2, 0.25) is 0 Å². The van der Waals surface area contributed by atoms with E-state index in [1.54, 1.807) is 29.2 Å². The fourth-order valence-corrected chi connectivity index (χ4v) is 4.07. The number of aryl methyl sites for hydroxylation is 1. The molecule has 1 saturated heterocycles. The number of aromatic nitrogens is 2. The second-order valence-electron chi connectivity index (χ2n) is 8.65. The number of hydrogen-bond acceptors (Lipinski definition) is 5. The molecule has 32 heavy (non-hydrogen) atoms. The quantitative estimate of drug-likeness (QED) is 0.578. The summed E-state index contributed by atoms with van der Waals surface area (Å²) < 4.78 is 19.7. The van der Waals surface area contributed by atoms with Crippen molar-refractivity contribution in [3.05, 3.63) is 76.9 Å². The summed E-state index contributed by atoms with van der Waals surface area (Å²) in [5, 5.41) is 0. The Morgan fingerprint density at radius 3 is 2.50 bits per heavy atom. The van der Waals surface area contributed by atoms with Crippen LogP contribution in [-0.4, -0.2) is 47.0 Å². The molecule has 1 amide bonds. The molecular formula is C25H29FN4O2. The van der Waals surface area contributed by atoms with Crippen LogP contribution in [0.15, 0.2) is 47.1 Å². The molecule has 0 N–H and O–H groups in total. The summed E-state index contributed by atoms with van der Waals surface area (Å²) in [7, 11) is 0. The van der Waals surface area contributed by atoms with Gasteiger partial charge in [0.2, 0.25) is 0 Å². The Hall–Kier alpha value is -3.22. The minimum Gasteiger partial charge on any atom is -0.459 e. The Morgan fingerprint density at radius 2 is 1.84 bits per heavy atom. The topological polar surface area (TPSA) is 62.5 Å². The fourth-order valence-electron chi connectivity index (χ4n) is 4.07. The highest BCUT2D eigenvalue weighted by atomic mass is 19.1. The van der Waals surface area contributed by atoms with Crippen LogP contribution < -0.4 is 4.90 Å². The maximum Gasteiger partial charge on any atom is 0.289 e. The van der Waals surface area contributed by atoms with Crippen LogP contribution in [0.5, 0.6) is 0 Å². The molecule has 0 saturated carbocycles. The minimum atomic E-state index is -0.224. The molecule has 0 aliphatic carbocycles. The zero-order valence-electron chi connectivity index (χ0n) is 18.8. The third kappa shape index (κ3) is 4.82. The number of nitrogens with zero attached hydrogens (tertiary/aromatic N) is 4. The highest BCUT2D eigenvalue weighted by Gasteiger charge is 2.27. The standard InChI is InChI=1S/C25H29FN4O2/c1-17(2)15-23-27-18(3)20(16-19-7-4-5-8-21(19)26)24(28-23)29-10-12-30(13-11-29)25(31)22-9-6-14-32-22/h4-9,14,17H,10-13,15-16H2,1-3H3. The third-order valence-electron chi connectivity index (χ3n) is 5.75. The van der Waals surface area contributed by atoms with E-state index in [9.17, 15) is 9.18 Å². The van der Waals surface area contributed by atoms with Gasteiger partial charge in [-0.3, -0.25) is 4.79 Å². The lowest BCUT2D eigenvalue weighted by atomic mass is 10.0. The number of anilines is 1. The average Bonchev–Trinajstić information content (AvgIpc) is 3.31. The van der Waals surface area contributed by atoms with Gasteiger partial charge in [-0.25, -0.2) is 14.4 Å². The van der Waals surface area contributed by atoms with Gasteiger partial charge in [0.25, 0.3) is 5.91 Å². The van der Waals surface area contributed by atoms with Crippen molar-refractivity contribution in [2.75, 3.05) is 31.1 Å². The average molecular weight is 437 g/mol. The number of carbonyl (C=O) groups is 1. The van der Waals surface area contributed by atoms with Gasteiger partial charge < -0.3 is 14.2 Å². The van der Waals surface area contributed by atoms with Crippen LogP contribution in [-0.2, 0) is 12.8 Å². The van der Waals surface area contributed by atoms with Gasteiger partial charge in [-0.15, -0.1) is 0 Å². The smallest absolute Gasteiger partial charge is 0.289 e. The molecule has 0 unspecified atom stereocenters. The molecule has 0 atom stereocenters. The summed E-state index contributed by atoms with van der Waals surface area (Å²) in [6, 6.07) is 10.2. The Bertz CT molecular complexity index is 1070. The Morgan fingerprint density at radius 1 is 1.09 bits per heavy atom. The number of carbonyl (C=O) groups excluding carboxylic acids is 1. The maximum atomic E-state index is 14.4. The van der Waals surface area contributed by atoms with Gasteiger partial charge in [-0.05, 0) is 36.6 Å². The molecule has 0 spiro atoms. The van der Waals surface area contributed by atoms with Crippen LogP contribution in [0, 0.1) is 18.7 Å². The number of piperazine rings is 1. The lowest BCUT2D eigenvalue weighted by Crippen LogP contribution is -2.49. The number of rotatable bonds is 6. The molecule has 4 rings (SSSR count). The minimum absolute atomic E-state index is 0.0967. The van der Waals surface area contributed by atoms with Crippen molar-refractivity contribution in [2.45, 2.75) is 33.6 Å². The third-order valence-corrected chi connectivity index (χ3v) is 5.75. The van der Waals surface area contributed by atoms with Crippen molar-refractivity contribution >= 4 is 11.7 Å². The molecule has 0 radical (unpaired) electrons. The van der Waals surface area contributed by atoms with E-state index < -0.39 is 0 Å². The first-order valence-electron chi connectivity index (χ1n) is 11.1. The molecule has 3 aromatic rings. The second-order valence-corrected chi connectivity index (χ2v) is 8.65. The summed E-state index contributed by atoms with van der Waals surface area (Å²) in [5.74, 6) is 2.12. The van der Waals surface area contributed by atoms with Gasteiger partial charge in [0.1, 0.15) is 17.5 Å². The molecule has 2 aromatic heterocycles. The van der Waals surface area contributed by atoms with E-state index >= 15 is 0 Å². The van der Waals surface area contributed by atoms with Crippen LogP contribution >= 0.6 is 0 Å². The highest BCUT2D eigenvalue weighted by molar-refractivity contribution is 5.91. The van der Waals surface area contributed by atoms with E-state index in [0.717, 1.165) is 29.3 Å². The second kappa shape index (κ2) is 9.51. The van der Waals surface area contributed by atoms with Crippen molar-refractivity contribution in [1.29, 1.82) is 0 Å². The largest absolute Gasteiger partial charge is 0.459 e. The summed E-state index contributed by atoms with van der Waals surface area (Å²) in [4.78, 5) is 26.3. The van der Waals surface area contributed by atoms with Crippen LogP contribution in [0.25, 0.3) is 0 Å². The van der Waals surface area contributed by atoms with E-state index in [4.69, 9.17) is 14.4 Å². The van der Waals surface area contributed by atoms with Crippen molar-refractivity contribution < 1.29 is 13.6 Å². The SMILES string of the molecule is Cc1nc(CC(C)C)nc(N2CCN(C(=O)c3ccco3)CC2)c1Cc1ccccc1F. The summed E-state index contributed by atoms with van der Waals surface area (Å²) in [6.07, 6.45) is 2.73. The first-order chi connectivity index (χ1) is 15.4. The van der Waals surface area contributed by atoms with E-state index in [0.29, 0.717) is 49.8 Å². The van der Waals surface area contributed by atoms with Gasteiger partial charge >= 0.3 is 0 Å². The predicted octanol–water partition coefficient (Wildman–Crippen LogP) is 4.27. The number of benzene rings is 1. The Kier molecular flexibility index (Phi) is 6.53. The highest BCUT2D eigenvalue weighted by Crippen LogP contribution is 2.27. The van der Waals surface area contributed by atoms with Gasteiger partial charge in [0.05, 0.1) is 6.26 Å². The number of halogens is 1. The molecule has 1 aliphatic rings. The maximum absolute atomic E-state index is 14.4. The van der Waals surface area contributed by atoms with Crippen molar-refractivity contribution in [2.24, 2.45) is 5.92 Å². The normalized spacial score (nSPS) is 14.3. The van der Waals surface area contributed by atoms with E-state index in [-0.39, 0.29) is 11.7 Å². The molecule has 3 heterocycles. The molecular weight excluding hydrogens is 407 g/mol. The Labute approximate surface area is 188 Å². The number of hydrogen-bond donors (Lipinski definition) is 0. The molecule has 168 valence electrons. The van der Waals surface area contributed by atoms with Crippen LogP contribution in [0.3, 0.4) is 0 Å². The first-order valence-corrected chi connectivity index (χ1v) is 11.1. The monoisotopic (exact) mass is 436 g/mol. The zero-order valence-corrected chi connectivity index (χ0v) is 18.8. The fraction of sp³-hybridized carbons (Fsp3) is 0.400.